The number of thiazole rings is 1. The van der Waals surface area contributed by atoms with Gasteiger partial charge in [-0.2, -0.15) is 0 Å². The van der Waals surface area contributed by atoms with Gasteiger partial charge in [-0.25, -0.2) is 9.37 Å². The van der Waals surface area contributed by atoms with E-state index >= 15 is 0 Å². The number of aromatic nitrogens is 1. The lowest BCUT2D eigenvalue weighted by Crippen LogP contribution is -2.43. The van der Waals surface area contributed by atoms with E-state index in [0.717, 1.165) is 13.1 Å². The number of benzene rings is 2. The molecule has 0 saturated carbocycles. The lowest BCUT2D eigenvalue weighted by molar-refractivity contribution is 0.0391. The van der Waals surface area contributed by atoms with Gasteiger partial charge in [-0.05, 0) is 30.3 Å². The van der Waals surface area contributed by atoms with Gasteiger partial charge in [0.05, 0.1) is 28.5 Å². The number of halogens is 3. The molecule has 4 rings (SSSR count). The Hall–Kier alpha value is -1.77. The number of nitrogens with zero attached hydrogens (tertiary/aromatic N) is 3. The van der Waals surface area contributed by atoms with E-state index in [9.17, 15) is 9.18 Å². The molecule has 1 fully saturated rings. The molecule has 0 radical (unpaired) electrons. The minimum absolute atomic E-state index is 0.258. The van der Waals surface area contributed by atoms with Gasteiger partial charge in [0.25, 0.3) is 5.91 Å². The van der Waals surface area contributed by atoms with E-state index < -0.39 is 5.82 Å². The highest BCUT2D eigenvalue weighted by Gasteiger charge is 2.25. The number of para-hydroxylation sites is 1. The first-order valence-corrected chi connectivity index (χ1v) is 10.7. The molecular formula is C20H18Cl2FN3O2S. The number of rotatable bonds is 5. The van der Waals surface area contributed by atoms with Crippen molar-refractivity contribution in [1.29, 1.82) is 0 Å². The van der Waals surface area contributed by atoms with Crippen LogP contribution in [0.5, 0.6) is 0 Å². The van der Waals surface area contributed by atoms with Gasteiger partial charge >= 0.3 is 0 Å². The molecule has 29 heavy (non-hydrogen) atoms. The van der Waals surface area contributed by atoms with E-state index in [1.165, 1.54) is 17.4 Å². The van der Waals surface area contributed by atoms with E-state index in [1.54, 1.807) is 35.2 Å². The van der Waals surface area contributed by atoms with E-state index in [0.29, 0.717) is 51.7 Å². The molecule has 1 amide bonds. The molecule has 0 aliphatic carbocycles. The first-order valence-electron chi connectivity index (χ1n) is 9.15. The highest BCUT2D eigenvalue weighted by molar-refractivity contribution is 7.22. The van der Waals surface area contributed by atoms with Crippen molar-refractivity contribution in [1.82, 2.24) is 9.88 Å². The Bertz CT molecular complexity index is 1040. The fourth-order valence-electron chi connectivity index (χ4n) is 3.18. The molecule has 0 N–H and O–H groups in total. The lowest BCUT2D eigenvalue weighted by atomic mass is 10.2. The number of ether oxygens (including phenoxy) is 1. The average molecular weight is 454 g/mol. The van der Waals surface area contributed by atoms with Gasteiger partial charge in [0, 0.05) is 31.2 Å². The summed E-state index contributed by atoms with van der Waals surface area (Å²) in [5, 5.41) is 1.16. The molecule has 1 saturated heterocycles. The lowest BCUT2D eigenvalue weighted by Gasteiger charge is -2.29. The molecule has 0 spiro atoms. The summed E-state index contributed by atoms with van der Waals surface area (Å²) in [7, 11) is 0. The molecule has 2 aromatic carbocycles. The van der Waals surface area contributed by atoms with Crippen molar-refractivity contribution in [2.45, 2.75) is 0 Å². The highest BCUT2D eigenvalue weighted by Crippen LogP contribution is 2.32. The number of morpholine rings is 1. The molecule has 0 unspecified atom stereocenters. The van der Waals surface area contributed by atoms with Gasteiger partial charge < -0.3 is 4.74 Å². The summed E-state index contributed by atoms with van der Waals surface area (Å²) >= 11 is 13.6. The van der Waals surface area contributed by atoms with Crippen LogP contribution in [-0.2, 0) is 4.74 Å². The van der Waals surface area contributed by atoms with Gasteiger partial charge in [-0.15, -0.1) is 0 Å². The minimum atomic E-state index is -0.411. The van der Waals surface area contributed by atoms with Crippen LogP contribution < -0.4 is 4.90 Å². The van der Waals surface area contributed by atoms with Crippen molar-refractivity contribution in [2.24, 2.45) is 0 Å². The third kappa shape index (κ3) is 4.54. The third-order valence-corrected chi connectivity index (χ3v) is 6.35. The molecular weight excluding hydrogens is 436 g/mol. The molecule has 1 aliphatic heterocycles. The predicted molar refractivity (Wildman–Crippen MR) is 115 cm³/mol. The van der Waals surface area contributed by atoms with Crippen LogP contribution >= 0.6 is 34.5 Å². The second kappa shape index (κ2) is 8.93. The zero-order valence-electron chi connectivity index (χ0n) is 15.4. The van der Waals surface area contributed by atoms with E-state index in [4.69, 9.17) is 27.9 Å². The molecule has 5 nitrogen and oxygen atoms in total. The normalized spacial score (nSPS) is 15.0. The van der Waals surface area contributed by atoms with E-state index in [-0.39, 0.29) is 11.4 Å². The van der Waals surface area contributed by atoms with E-state index in [1.807, 2.05) is 0 Å². The van der Waals surface area contributed by atoms with Gasteiger partial charge in [0.15, 0.2) is 5.13 Å². The Morgan fingerprint density at radius 2 is 2.03 bits per heavy atom. The molecule has 3 aromatic rings. The SMILES string of the molecule is O=C(c1cc(Cl)ccc1Cl)N(CCN1CCOCC1)c1nc2c(F)cccc2s1. The quantitative estimate of drug-likeness (QED) is 0.560. The predicted octanol–water partition coefficient (Wildman–Crippen LogP) is 4.72. The zero-order valence-corrected chi connectivity index (χ0v) is 17.7. The van der Waals surface area contributed by atoms with Crippen molar-refractivity contribution in [3.8, 4) is 0 Å². The fourth-order valence-corrected chi connectivity index (χ4v) is 4.55. The molecule has 1 aliphatic rings. The molecule has 0 bridgehead atoms. The second-order valence-electron chi connectivity index (χ2n) is 6.62. The summed E-state index contributed by atoms with van der Waals surface area (Å²) in [6.45, 7) is 3.97. The van der Waals surface area contributed by atoms with Gasteiger partial charge in [-0.3, -0.25) is 14.6 Å². The number of carbonyl (C=O) groups is 1. The smallest absolute Gasteiger partial charge is 0.261 e. The maximum Gasteiger partial charge on any atom is 0.261 e. The maximum atomic E-state index is 14.2. The largest absolute Gasteiger partial charge is 0.379 e. The summed E-state index contributed by atoms with van der Waals surface area (Å²) in [6, 6.07) is 9.55. The van der Waals surface area contributed by atoms with Crippen molar-refractivity contribution in [3.05, 3.63) is 57.8 Å². The molecule has 1 aromatic heterocycles. The van der Waals surface area contributed by atoms with Crippen LogP contribution in [0, 0.1) is 5.82 Å². The topological polar surface area (TPSA) is 45.7 Å². The molecule has 9 heteroatoms. The number of hydrogen-bond donors (Lipinski definition) is 0. The van der Waals surface area contributed by atoms with Crippen LogP contribution in [0.15, 0.2) is 36.4 Å². The standard InChI is InChI=1S/C20H18Cl2FN3O2S/c21-13-4-5-15(22)14(12-13)19(27)26(7-6-25-8-10-28-11-9-25)20-24-18-16(23)2-1-3-17(18)29-20/h1-5,12H,6-11H2. The Morgan fingerprint density at radius 3 is 2.79 bits per heavy atom. The van der Waals surface area contributed by atoms with Crippen molar-refractivity contribution in [3.63, 3.8) is 0 Å². The summed E-state index contributed by atoms with van der Waals surface area (Å²) in [5.41, 5.74) is 0.551. The Balaban J connectivity index is 1.68. The van der Waals surface area contributed by atoms with Crippen LogP contribution in [0.4, 0.5) is 9.52 Å². The Morgan fingerprint density at radius 1 is 1.24 bits per heavy atom. The van der Waals surface area contributed by atoms with Crippen molar-refractivity contribution in [2.75, 3.05) is 44.3 Å². The molecule has 0 atom stereocenters. The summed E-state index contributed by atoms with van der Waals surface area (Å²) in [6.07, 6.45) is 0. The van der Waals surface area contributed by atoms with Gasteiger partial charge in [-0.1, -0.05) is 40.6 Å². The number of anilines is 1. The summed E-state index contributed by atoms with van der Waals surface area (Å²) in [4.78, 5) is 21.5. The van der Waals surface area contributed by atoms with Crippen LogP contribution in [0.25, 0.3) is 10.2 Å². The zero-order chi connectivity index (χ0) is 20.4. The maximum absolute atomic E-state index is 14.2. The third-order valence-electron chi connectivity index (χ3n) is 4.74. The second-order valence-corrected chi connectivity index (χ2v) is 8.47. The fraction of sp³-hybridized carbons (Fsp3) is 0.300. The van der Waals surface area contributed by atoms with Crippen molar-refractivity contribution >= 4 is 55.8 Å². The van der Waals surface area contributed by atoms with Gasteiger partial charge in [0.1, 0.15) is 11.3 Å². The Labute approximate surface area is 181 Å². The van der Waals surface area contributed by atoms with Crippen LogP contribution in [0.3, 0.4) is 0 Å². The van der Waals surface area contributed by atoms with Crippen LogP contribution in [0.2, 0.25) is 10.0 Å². The number of amides is 1. The van der Waals surface area contributed by atoms with Crippen LogP contribution in [0.1, 0.15) is 10.4 Å². The number of carbonyl (C=O) groups excluding carboxylic acids is 1. The first kappa shape index (κ1) is 20.5. The first-order chi connectivity index (χ1) is 14.0. The Kier molecular flexibility index (Phi) is 6.32. The highest BCUT2D eigenvalue weighted by atomic mass is 35.5. The molecule has 2 heterocycles. The average Bonchev–Trinajstić information content (AvgIpc) is 3.16. The van der Waals surface area contributed by atoms with Crippen molar-refractivity contribution < 1.29 is 13.9 Å². The summed E-state index contributed by atoms with van der Waals surface area (Å²) in [5.74, 6) is -0.725. The molecule has 152 valence electrons. The number of fused-ring (bicyclic) bond motifs is 1. The van der Waals surface area contributed by atoms with Gasteiger partial charge in [0.2, 0.25) is 0 Å². The summed E-state index contributed by atoms with van der Waals surface area (Å²) < 4.78 is 20.2. The number of hydrogen-bond acceptors (Lipinski definition) is 5. The minimum Gasteiger partial charge on any atom is -0.379 e. The monoisotopic (exact) mass is 453 g/mol. The van der Waals surface area contributed by atoms with Crippen LogP contribution in [-0.4, -0.2) is 55.2 Å². The van der Waals surface area contributed by atoms with E-state index in [2.05, 4.69) is 9.88 Å².